The molecule has 8 nitrogen and oxygen atoms in total. The Kier molecular flexibility index (Phi) is 5.12. The van der Waals surface area contributed by atoms with E-state index in [2.05, 4.69) is 26.2 Å². The Balaban J connectivity index is 1.89. The smallest absolute Gasteiger partial charge is 0.287 e. The molecule has 0 aliphatic rings. The van der Waals surface area contributed by atoms with E-state index >= 15 is 0 Å². The molecule has 0 saturated carbocycles. The highest BCUT2D eigenvalue weighted by Gasteiger charge is 2.09. The average Bonchev–Trinajstić information content (AvgIpc) is 2.97. The number of carbonyl (C=O) groups excluding carboxylic acids is 1. The van der Waals surface area contributed by atoms with Gasteiger partial charge >= 0.3 is 0 Å². The van der Waals surface area contributed by atoms with E-state index < -0.39 is 5.91 Å². The van der Waals surface area contributed by atoms with Crippen LogP contribution < -0.4 is 20.7 Å². The van der Waals surface area contributed by atoms with Gasteiger partial charge in [0.1, 0.15) is 18.1 Å². The van der Waals surface area contributed by atoms with Crippen molar-refractivity contribution in [2.45, 2.75) is 6.54 Å². The largest absolute Gasteiger partial charge is 0.497 e. The molecule has 0 aliphatic carbocycles. The second kappa shape index (κ2) is 7.04. The number of hydrazine groups is 1. The Labute approximate surface area is 129 Å². The molecule has 2 rings (SSSR count). The summed E-state index contributed by atoms with van der Waals surface area (Å²) in [5.41, 5.74) is 2.15. The molecule has 0 aliphatic heterocycles. The Morgan fingerprint density at radius 2 is 2.33 bits per heavy atom. The third-order valence-corrected chi connectivity index (χ3v) is 3.24. The Morgan fingerprint density at radius 1 is 1.52 bits per heavy atom. The van der Waals surface area contributed by atoms with Crippen LogP contribution in [0.15, 0.2) is 28.9 Å². The predicted molar refractivity (Wildman–Crippen MR) is 77.9 cm³/mol. The van der Waals surface area contributed by atoms with E-state index in [-0.39, 0.29) is 5.69 Å². The molecule has 1 heterocycles. The molecule has 112 valence electrons. The number of carbonyl (C=O) groups is 1. The number of nitrogens with zero attached hydrogens (tertiary/aromatic N) is 3. The third kappa shape index (κ3) is 3.92. The number of hydrogen-bond donors (Lipinski definition) is 2. The quantitative estimate of drug-likeness (QED) is 0.449. The summed E-state index contributed by atoms with van der Waals surface area (Å²) in [5, 5.41) is 7.50. The van der Waals surface area contributed by atoms with Gasteiger partial charge in [0.25, 0.3) is 5.91 Å². The number of halogens is 1. The number of benzene rings is 1. The zero-order chi connectivity index (χ0) is 15.2. The van der Waals surface area contributed by atoms with Crippen LogP contribution in [-0.4, -0.2) is 34.6 Å². The van der Waals surface area contributed by atoms with Crippen molar-refractivity contribution in [3.63, 3.8) is 0 Å². The number of nitrogens with two attached hydrogens (primary N) is 1. The molecule has 1 amide bonds. The van der Waals surface area contributed by atoms with Gasteiger partial charge in [0.15, 0.2) is 5.69 Å². The van der Waals surface area contributed by atoms with Crippen LogP contribution in [0.2, 0.25) is 0 Å². The molecule has 1 aromatic heterocycles. The number of ether oxygens (including phenoxy) is 2. The molecule has 0 atom stereocenters. The maximum atomic E-state index is 11.2. The van der Waals surface area contributed by atoms with Crippen molar-refractivity contribution in [1.82, 2.24) is 20.4 Å². The van der Waals surface area contributed by atoms with E-state index in [9.17, 15) is 4.79 Å². The molecule has 21 heavy (non-hydrogen) atoms. The van der Waals surface area contributed by atoms with Crippen LogP contribution in [0.25, 0.3) is 0 Å². The number of aromatic nitrogens is 3. The first kappa shape index (κ1) is 15.3. The maximum absolute atomic E-state index is 11.2. The normalized spacial score (nSPS) is 10.2. The molecule has 9 heteroatoms. The molecule has 0 fully saturated rings. The van der Waals surface area contributed by atoms with E-state index in [1.54, 1.807) is 19.2 Å². The molecular weight excluding hydrogens is 342 g/mol. The highest BCUT2D eigenvalue weighted by molar-refractivity contribution is 9.10. The van der Waals surface area contributed by atoms with E-state index in [0.717, 1.165) is 10.2 Å². The van der Waals surface area contributed by atoms with Crippen LogP contribution in [0.3, 0.4) is 0 Å². The minimum absolute atomic E-state index is 0.156. The average molecular weight is 356 g/mol. The van der Waals surface area contributed by atoms with Crippen LogP contribution in [-0.2, 0) is 6.54 Å². The molecule has 0 unspecified atom stereocenters. The fourth-order valence-electron chi connectivity index (χ4n) is 1.56. The van der Waals surface area contributed by atoms with Gasteiger partial charge in [-0.15, -0.1) is 5.10 Å². The number of nitrogens with one attached hydrogen (secondary N) is 1. The zero-order valence-corrected chi connectivity index (χ0v) is 12.8. The maximum Gasteiger partial charge on any atom is 0.287 e. The van der Waals surface area contributed by atoms with E-state index in [4.69, 9.17) is 15.3 Å². The lowest BCUT2D eigenvalue weighted by atomic mass is 10.3. The molecule has 1 aromatic carbocycles. The number of methoxy groups -OCH3 is 1. The number of hydrogen-bond acceptors (Lipinski definition) is 6. The highest BCUT2D eigenvalue weighted by Crippen LogP contribution is 2.28. The van der Waals surface area contributed by atoms with Gasteiger partial charge < -0.3 is 9.47 Å². The summed E-state index contributed by atoms with van der Waals surface area (Å²) in [6, 6.07) is 5.42. The van der Waals surface area contributed by atoms with Gasteiger partial charge in [-0.25, -0.2) is 10.5 Å². The molecule has 3 N–H and O–H groups in total. The Bertz CT molecular complexity index is 631. The fourth-order valence-corrected chi connectivity index (χ4v) is 2.03. The summed E-state index contributed by atoms with van der Waals surface area (Å²) in [4.78, 5) is 11.2. The van der Waals surface area contributed by atoms with Gasteiger partial charge in [0.05, 0.1) is 24.3 Å². The summed E-state index contributed by atoms with van der Waals surface area (Å²) in [6.45, 7) is 0.821. The minimum Gasteiger partial charge on any atom is -0.497 e. The molecule has 0 bridgehead atoms. The molecule has 2 aromatic rings. The SMILES string of the molecule is COc1ccc(OCCn2cc(C(=O)NN)nn2)c(Br)c1. The first-order valence-electron chi connectivity index (χ1n) is 6.01. The van der Waals surface area contributed by atoms with Gasteiger partial charge in [0, 0.05) is 0 Å². The van der Waals surface area contributed by atoms with Crippen molar-refractivity contribution in [3.8, 4) is 11.5 Å². The third-order valence-electron chi connectivity index (χ3n) is 2.62. The standard InChI is InChI=1S/C12H14BrN5O3/c1-20-8-2-3-11(9(13)6-8)21-5-4-18-7-10(16-17-18)12(19)15-14/h2-3,6-7H,4-5,14H2,1H3,(H,15,19). The summed E-state index contributed by atoms with van der Waals surface area (Å²) >= 11 is 3.40. The fraction of sp³-hybridized carbons (Fsp3) is 0.250. The van der Waals surface area contributed by atoms with Gasteiger partial charge in [-0.1, -0.05) is 5.21 Å². The lowest BCUT2D eigenvalue weighted by Gasteiger charge is -2.09. The van der Waals surface area contributed by atoms with Crippen molar-refractivity contribution >= 4 is 21.8 Å². The number of amides is 1. The van der Waals surface area contributed by atoms with Crippen LogP contribution in [0.4, 0.5) is 0 Å². The predicted octanol–water partition coefficient (Wildman–Crippen LogP) is 0.732. The van der Waals surface area contributed by atoms with Crippen molar-refractivity contribution in [3.05, 3.63) is 34.6 Å². The summed E-state index contributed by atoms with van der Waals surface area (Å²) in [7, 11) is 1.60. The van der Waals surface area contributed by atoms with Crippen LogP contribution in [0, 0.1) is 0 Å². The van der Waals surface area contributed by atoms with Gasteiger partial charge in [-0.2, -0.15) is 0 Å². The topological polar surface area (TPSA) is 104 Å². The van der Waals surface area contributed by atoms with Crippen LogP contribution in [0.5, 0.6) is 11.5 Å². The number of rotatable bonds is 6. The van der Waals surface area contributed by atoms with Crippen molar-refractivity contribution in [2.75, 3.05) is 13.7 Å². The van der Waals surface area contributed by atoms with Crippen LogP contribution >= 0.6 is 15.9 Å². The van der Waals surface area contributed by atoms with E-state index in [0.29, 0.717) is 18.9 Å². The van der Waals surface area contributed by atoms with Gasteiger partial charge in [-0.3, -0.25) is 10.2 Å². The summed E-state index contributed by atoms with van der Waals surface area (Å²) in [6.07, 6.45) is 1.49. The Morgan fingerprint density at radius 3 is 3.00 bits per heavy atom. The minimum atomic E-state index is -0.486. The zero-order valence-electron chi connectivity index (χ0n) is 11.2. The molecule has 0 spiro atoms. The highest BCUT2D eigenvalue weighted by atomic mass is 79.9. The Hall–Kier alpha value is -2.13. The first-order valence-corrected chi connectivity index (χ1v) is 6.80. The van der Waals surface area contributed by atoms with E-state index in [1.165, 1.54) is 10.9 Å². The lowest BCUT2D eigenvalue weighted by Crippen LogP contribution is -2.30. The lowest BCUT2D eigenvalue weighted by molar-refractivity contribution is 0.0948. The monoisotopic (exact) mass is 355 g/mol. The summed E-state index contributed by atoms with van der Waals surface area (Å²) < 4.78 is 13.0. The molecule has 0 radical (unpaired) electrons. The van der Waals surface area contributed by atoms with Gasteiger partial charge in [-0.05, 0) is 34.1 Å². The van der Waals surface area contributed by atoms with Crippen molar-refractivity contribution in [2.24, 2.45) is 5.84 Å². The second-order valence-electron chi connectivity index (χ2n) is 3.99. The van der Waals surface area contributed by atoms with Crippen LogP contribution in [0.1, 0.15) is 10.5 Å². The van der Waals surface area contributed by atoms with E-state index in [1.807, 2.05) is 11.5 Å². The first-order chi connectivity index (χ1) is 10.1. The van der Waals surface area contributed by atoms with Crippen molar-refractivity contribution in [1.29, 1.82) is 0 Å². The van der Waals surface area contributed by atoms with Crippen molar-refractivity contribution < 1.29 is 14.3 Å². The summed E-state index contributed by atoms with van der Waals surface area (Å²) in [5.74, 6) is 5.96. The second-order valence-corrected chi connectivity index (χ2v) is 4.84. The molecule has 0 saturated heterocycles. The molecular formula is C12H14BrN5O3. The number of nitrogen functional groups attached to an aromatic ring is 1. The van der Waals surface area contributed by atoms with Gasteiger partial charge in [0.2, 0.25) is 0 Å².